The Labute approximate surface area is 887 Å². The van der Waals surface area contributed by atoms with Crippen LogP contribution in [0, 0.1) is 13.8 Å². The predicted octanol–water partition coefficient (Wildman–Crippen LogP) is 37.3. The van der Waals surface area contributed by atoms with E-state index in [-0.39, 0.29) is 80.9 Å². The topological polar surface area (TPSA) is 161 Å². The molecule has 8 aromatic carbocycles. The number of hydrogen-bond acceptors (Lipinski definition) is 12. The summed E-state index contributed by atoms with van der Waals surface area (Å²) < 4.78 is 84.6. The molecular weight excluding hydrogens is 2790 g/mol. The van der Waals surface area contributed by atoms with Gasteiger partial charge in [0.05, 0.1) is 45.6 Å². The minimum atomic E-state index is -3.61. The maximum atomic E-state index is 13.0. The number of benzene rings is 8. The Morgan fingerprint density at radius 1 is 0.344 bits per heavy atom. The van der Waals surface area contributed by atoms with Gasteiger partial charge in [0.25, 0.3) is 0 Å². The number of alkyl halides is 3. The molecule has 1 N–H and O–H groups in total. The fraction of sp³-hybridized carbons (Fsp3) is 0.395. The van der Waals surface area contributed by atoms with Gasteiger partial charge in [-0.3, -0.25) is 0 Å². The van der Waals surface area contributed by atoms with Crippen LogP contribution in [-0.2, 0) is 55.9 Å². The van der Waals surface area contributed by atoms with Crippen molar-refractivity contribution in [2.24, 2.45) is 0 Å². The Balaban J connectivity index is -0.000000173. The van der Waals surface area contributed by atoms with Crippen LogP contribution in [-0.4, -0.2) is 158 Å². The first-order valence-electron chi connectivity index (χ1n) is 35.0. The molecule has 0 amide bonds. The molecule has 0 aliphatic carbocycles. The summed E-state index contributed by atoms with van der Waals surface area (Å²) in [5.41, 5.74) is 7.80. The van der Waals surface area contributed by atoms with Crippen molar-refractivity contribution in [2.75, 3.05) is 27.4 Å². The molecule has 47 heteroatoms. The number of hydrogen-bond donors (Lipinski definition) is 1. The normalized spacial score (nSPS) is 11.2. The molecule has 0 saturated carbocycles. The molecule has 738 valence electrons. The van der Waals surface area contributed by atoms with Crippen molar-refractivity contribution in [3.8, 4) is 34.5 Å². The van der Waals surface area contributed by atoms with Crippen molar-refractivity contribution >= 4 is 352 Å². The van der Waals surface area contributed by atoms with E-state index in [1.807, 2.05) is 94.9 Å². The third-order valence-electron chi connectivity index (χ3n) is 14.0. The van der Waals surface area contributed by atoms with E-state index in [1.54, 1.807) is 118 Å². The van der Waals surface area contributed by atoms with Crippen molar-refractivity contribution in [3.63, 3.8) is 0 Å². The van der Waals surface area contributed by atoms with Crippen LogP contribution >= 0.6 is 224 Å². The Morgan fingerprint density at radius 2 is 0.547 bits per heavy atom. The van der Waals surface area contributed by atoms with E-state index in [0.29, 0.717) is 34.9 Å². The van der Waals surface area contributed by atoms with E-state index in [4.69, 9.17) is 262 Å². The summed E-state index contributed by atoms with van der Waals surface area (Å²) in [6.45, 7) is 39.2. The van der Waals surface area contributed by atoms with Crippen LogP contribution < -0.4 is 18.9 Å². The molecule has 12 nitrogen and oxygen atoms in total. The molecule has 0 heterocycles. The average Bonchev–Trinajstić information content (AvgIpc) is 0.788. The standard InChI is InChI=1S/C31H30Cl2O4S.C29H28O4S.C4H11ClOSi.C4H12OSi.C3H9ClSi.C3H10OSi.CH2O.6CH4.20ClH.5Sn/c1-21-5-11-27(12-6-21)38(34,35)28-13-9-26(10-14-28)37-30-16-8-25(18-23(30)20-33)31(2,3)24-7-15-29(36-4)22(17-24)19-32;1-21-5-17-27(18-6-21)34(30,31)28-19-15-26(16-20-28)33-25-13-9-23(10-14-25)29(2,3)22-7-11-24(32-4)12-8-22;1-7(2,3)6-4-5;1-5-6(2,3)4;2*1-5(2,3)4;1-2;;;;;;;;;;;;;;;;;;;;;;;;;;;;;;;/h5-18H,19-20H2,1-4H3;5-20H,1-4H3;4H2,1-3H3;1-4H3;1-3H3;4H,1-3H3;1H2;6*1H4;20*1H;;;;;/q;;;;;;;;;;;;;;;;;;;;;;;;;;;;;;;;;5*+4/p-20. The van der Waals surface area contributed by atoms with Gasteiger partial charge in [-0.2, -0.15) is 11.1 Å². The van der Waals surface area contributed by atoms with Gasteiger partial charge in [0.15, 0.2) is 25.0 Å². The second-order valence-electron chi connectivity index (χ2n) is 29.5. The van der Waals surface area contributed by atoms with Crippen LogP contribution in [0.25, 0.3) is 0 Å². The molecule has 0 aromatic heterocycles. The first kappa shape index (κ1) is 152. The summed E-state index contributed by atoms with van der Waals surface area (Å²) in [5.74, 6) is 4.61. The van der Waals surface area contributed by atoms with Gasteiger partial charge < -0.3 is 37.4 Å². The van der Waals surface area contributed by atoms with Crippen molar-refractivity contribution in [2.45, 2.75) is 207 Å². The van der Waals surface area contributed by atoms with Gasteiger partial charge in [-0.05, 0) is 210 Å². The van der Waals surface area contributed by atoms with Gasteiger partial charge in [-0.25, -0.2) is 16.8 Å². The third-order valence-corrected chi connectivity index (χ3v) is 20.6. The van der Waals surface area contributed by atoms with E-state index < -0.39 is 121 Å². The van der Waals surface area contributed by atoms with Crippen LogP contribution in [0.1, 0.15) is 117 Å². The van der Waals surface area contributed by atoms with Crippen LogP contribution in [0.2, 0.25) is 78.6 Å². The van der Waals surface area contributed by atoms with Gasteiger partial charge >= 0.3 is 248 Å². The molecule has 0 bridgehead atoms. The van der Waals surface area contributed by atoms with E-state index in [1.165, 1.54) is 5.56 Å². The predicted molar refractivity (Wildman–Crippen MR) is 602 cm³/mol. The number of rotatable bonds is 19. The second-order valence-corrected chi connectivity index (χ2v) is 182. The summed E-state index contributed by atoms with van der Waals surface area (Å²) in [6, 6.07) is 55.0. The minimum absolute atomic E-state index is 0. The molecule has 0 saturated heterocycles. The molecule has 128 heavy (non-hydrogen) atoms. The molecule has 0 aliphatic heterocycles. The van der Waals surface area contributed by atoms with Crippen LogP contribution in [0.15, 0.2) is 202 Å². The Morgan fingerprint density at radius 3 is 0.758 bits per heavy atom. The molecule has 0 fully saturated rings. The number of ether oxygens (including phenoxy) is 4. The molecule has 0 aliphatic rings. The van der Waals surface area contributed by atoms with Crippen molar-refractivity contribution in [1.29, 1.82) is 0 Å². The van der Waals surface area contributed by atoms with Gasteiger partial charge in [-0.1, -0.05) is 181 Å². The third kappa shape index (κ3) is 83.7. The molecule has 0 unspecified atom stereocenters. The van der Waals surface area contributed by atoms with E-state index >= 15 is 0 Å². The molecule has 8 aromatic rings. The number of sulfone groups is 2. The van der Waals surface area contributed by atoms with Gasteiger partial charge in [0.2, 0.25) is 19.7 Å². The number of aryl methyl sites for hydroxylation is 2. The van der Waals surface area contributed by atoms with Crippen molar-refractivity contribution in [1.82, 2.24) is 0 Å². The maximum absolute atomic E-state index is 13.0. The van der Waals surface area contributed by atoms with Crippen molar-refractivity contribution < 1.29 is 54.2 Å². The Hall–Kier alpha value is 4.23. The van der Waals surface area contributed by atoms with Crippen LogP contribution in [0.5, 0.6) is 34.5 Å². The number of carbonyl (C=O) groups is 1. The van der Waals surface area contributed by atoms with E-state index in [9.17, 15) is 16.8 Å². The Kier molecular flexibility index (Phi) is 86.3. The fourth-order valence-electron chi connectivity index (χ4n) is 8.23. The van der Waals surface area contributed by atoms with E-state index in [2.05, 4.69) is 117 Å². The molecular formula is C81H126Cl24O12S2Si4Sn5. The summed E-state index contributed by atoms with van der Waals surface area (Å²) in [6.07, 6.45) is 0. The van der Waals surface area contributed by atoms with Crippen LogP contribution in [0.3, 0.4) is 0 Å². The molecule has 8 rings (SSSR count). The SMILES string of the molecule is C.C.C.C.C.C.C=O.CO[Si](C)(C)C.COc1ccc(C(C)(C)c2ccc(Oc3ccc(S(=O)(=O)c4ccc(C)cc4)cc3)c(CCl)c2)cc1CCl.COc1ccc(C(C)(C)c2ccc(Oc3ccc(S(=O)(=O)c4ccc(C)cc4)cc3)cc2)cc1.C[Si](C)(C)Cl.C[Si](C)(C)O.C[Si](C)(C)OCCl.[Cl][Sn]([Cl])([Cl])[Cl].[Cl][Sn]([Cl])([Cl])[Cl].[Cl][Sn]([Cl])([Cl])[Cl].[Cl][Sn]([Cl])([Cl])[Cl].[Cl][Sn]([Cl])([Cl])[Cl]. The zero-order chi connectivity index (χ0) is 96.5. The zero-order valence-electron chi connectivity index (χ0n) is 70.5. The summed E-state index contributed by atoms with van der Waals surface area (Å²) in [4.78, 5) is 17.6. The zero-order valence-corrected chi connectivity index (χ0v) is 109. The quantitative estimate of drug-likeness (QED) is 0.0464. The van der Waals surface area contributed by atoms with E-state index in [0.717, 1.165) is 50.4 Å². The Bertz CT molecular complexity index is 4330. The van der Waals surface area contributed by atoms with Gasteiger partial charge in [-0.15, -0.1) is 23.2 Å². The number of carbonyl (C=O) groups excluding carboxylic acids is 1. The number of methoxy groups -OCH3 is 2. The molecule has 0 spiro atoms. The first-order valence-corrected chi connectivity index (χ1v) is 127. The first-order chi connectivity index (χ1) is 54.9. The van der Waals surface area contributed by atoms with Gasteiger partial charge in [0.1, 0.15) is 54.7 Å². The monoisotopic (exact) mass is 2910 g/mol. The fourth-order valence-corrected chi connectivity index (χ4v) is 12.5. The summed E-state index contributed by atoms with van der Waals surface area (Å²) in [7, 11) is 93.5. The summed E-state index contributed by atoms with van der Waals surface area (Å²) in [5, 5.41) is 0. The van der Waals surface area contributed by atoms with Crippen LogP contribution in [0.4, 0.5) is 0 Å². The van der Waals surface area contributed by atoms with Crippen molar-refractivity contribution in [3.05, 3.63) is 226 Å². The average molecular weight is 2910 g/mol. The summed E-state index contributed by atoms with van der Waals surface area (Å²) >= 11 is 6.98. The molecule has 0 radical (unpaired) electrons. The van der Waals surface area contributed by atoms with Gasteiger partial charge in [0, 0.05) is 29.1 Å². The number of halogens is 24. The molecule has 0 atom stereocenters. The second kappa shape index (κ2) is 72.5.